The van der Waals surface area contributed by atoms with E-state index in [1.165, 1.54) is 6.20 Å². The van der Waals surface area contributed by atoms with Crippen molar-refractivity contribution in [1.82, 2.24) is 9.97 Å². The quantitative estimate of drug-likeness (QED) is 0.744. The molecule has 5 heteroatoms. The molecule has 4 nitrogen and oxygen atoms in total. The molecule has 0 radical (unpaired) electrons. The van der Waals surface area contributed by atoms with Crippen molar-refractivity contribution < 1.29 is 4.74 Å². The first-order chi connectivity index (χ1) is 6.63. The van der Waals surface area contributed by atoms with Crippen LogP contribution in [0, 0.1) is 0 Å². The second kappa shape index (κ2) is 3.37. The summed E-state index contributed by atoms with van der Waals surface area (Å²) in [5.41, 5.74) is -0.0516. The van der Waals surface area contributed by atoms with Crippen molar-refractivity contribution in [3.05, 3.63) is 17.5 Å². The fourth-order valence-electron chi connectivity index (χ4n) is 1.54. The average molecular weight is 214 g/mol. The third-order valence-corrected chi connectivity index (χ3v) is 2.64. The number of hydrogen-bond acceptors (Lipinski definition) is 4. The molecule has 0 unspecified atom stereocenters. The normalized spacial score (nSPS) is 19.2. The zero-order valence-corrected chi connectivity index (χ0v) is 8.95. The topological polar surface area (TPSA) is 38.2 Å². The largest absolute Gasteiger partial charge is 0.375 e. The molecule has 76 valence electrons. The third kappa shape index (κ3) is 1.67. The van der Waals surface area contributed by atoms with Gasteiger partial charge in [0.05, 0.1) is 31.1 Å². The summed E-state index contributed by atoms with van der Waals surface area (Å²) < 4.78 is 5.33. The Hall–Kier alpha value is -0.870. The standard InChI is InChI=1S/C9H12ClN3O/c1-9(14-2)5-13(6-9)8-4-11-3-7(10)12-8/h3-4H,5-6H2,1-2H3. The first-order valence-electron chi connectivity index (χ1n) is 4.41. The van der Waals surface area contributed by atoms with Crippen molar-refractivity contribution in [2.45, 2.75) is 12.5 Å². The van der Waals surface area contributed by atoms with Gasteiger partial charge in [-0.3, -0.25) is 4.98 Å². The van der Waals surface area contributed by atoms with E-state index in [1.54, 1.807) is 13.3 Å². The maximum absolute atomic E-state index is 5.74. The van der Waals surface area contributed by atoms with E-state index in [2.05, 4.69) is 21.8 Å². The summed E-state index contributed by atoms with van der Waals surface area (Å²) in [6.07, 6.45) is 3.24. The Bertz CT molecular complexity index is 339. The van der Waals surface area contributed by atoms with Crippen molar-refractivity contribution >= 4 is 17.4 Å². The Morgan fingerprint density at radius 2 is 2.21 bits per heavy atom. The number of rotatable bonds is 2. The van der Waals surface area contributed by atoms with Gasteiger partial charge in [0.15, 0.2) is 0 Å². The Morgan fingerprint density at radius 1 is 1.50 bits per heavy atom. The Morgan fingerprint density at radius 3 is 2.79 bits per heavy atom. The number of methoxy groups -OCH3 is 1. The van der Waals surface area contributed by atoms with Gasteiger partial charge in [0.1, 0.15) is 11.0 Å². The molecule has 0 saturated carbocycles. The summed E-state index contributed by atoms with van der Waals surface area (Å²) in [7, 11) is 1.72. The van der Waals surface area contributed by atoms with Crippen LogP contribution in [0.2, 0.25) is 5.15 Å². The smallest absolute Gasteiger partial charge is 0.149 e. The lowest BCUT2D eigenvalue weighted by atomic mass is 9.97. The molecule has 1 aliphatic rings. The minimum absolute atomic E-state index is 0.0516. The number of halogens is 1. The number of aromatic nitrogens is 2. The highest BCUT2D eigenvalue weighted by atomic mass is 35.5. The van der Waals surface area contributed by atoms with Crippen LogP contribution in [0.3, 0.4) is 0 Å². The van der Waals surface area contributed by atoms with E-state index >= 15 is 0 Å². The molecule has 1 saturated heterocycles. The van der Waals surface area contributed by atoms with Crippen LogP contribution < -0.4 is 4.90 Å². The number of nitrogens with zero attached hydrogens (tertiary/aromatic N) is 3. The molecule has 1 aliphatic heterocycles. The molecule has 0 spiro atoms. The maximum atomic E-state index is 5.74. The lowest BCUT2D eigenvalue weighted by Crippen LogP contribution is -2.61. The van der Waals surface area contributed by atoms with Crippen LogP contribution in [0.4, 0.5) is 5.82 Å². The first kappa shape index (κ1) is 9.68. The summed E-state index contributed by atoms with van der Waals surface area (Å²) in [6, 6.07) is 0. The van der Waals surface area contributed by atoms with Gasteiger partial charge in [-0.1, -0.05) is 11.6 Å². The van der Waals surface area contributed by atoms with Crippen LogP contribution in [0.5, 0.6) is 0 Å². The summed E-state index contributed by atoms with van der Waals surface area (Å²) in [5, 5.41) is 0.425. The molecule has 0 amide bonds. The predicted octanol–water partition coefficient (Wildman–Crippen LogP) is 1.36. The van der Waals surface area contributed by atoms with Gasteiger partial charge < -0.3 is 9.64 Å². The number of ether oxygens (including phenoxy) is 1. The van der Waals surface area contributed by atoms with Gasteiger partial charge in [-0.05, 0) is 6.92 Å². The van der Waals surface area contributed by atoms with Crippen LogP contribution in [0.25, 0.3) is 0 Å². The van der Waals surface area contributed by atoms with E-state index in [0.29, 0.717) is 5.15 Å². The summed E-state index contributed by atoms with van der Waals surface area (Å²) in [6.45, 7) is 3.73. The predicted molar refractivity (Wildman–Crippen MR) is 54.7 cm³/mol. The minimum atomic E-state index is -0.0516. The highest BCUT2D eigenvalue weighted by Crippen LogP contribution is 2.28. The van der Waals surface area contributed by atoms with Gasteiger partial charge >= 0.3 is 0 Å². The number of anilines is 1. The second-order valence-corrected chi connectivity index (χ2v) is 4.10. The Kier molecular flexibility index (Phi) is 2.33. The highest BCUT2D eigenvalue weighted by molar-refractivity contribution is 6.29. The van der Waals surface area contributed by atoms with Gasteiger partial charge in [-0.15, -0.1) is 0 Å². The maximum Gasteiger partial charge on any atom is 0.149 e. The van der Waals surface area contributed by atoms with Crippen LogP contribution >= 0.6 is 11.6 Å². The van der Waals surface area contributed by atoms with Crippen molar-refractivity contribution in [2.24, 2.45) is 0 Å². The number of hydrogen-bond donors (Lipinski definition) is 0. The molecule has 0 N–H and O–H groups in total. The summed E-state index contributed by atoms with van der Waals surface area (Å²) in [5.74, 6) is 0.812. The highest BCUT2D eigenvalue weighted by Gasteiger charge is 2.39. The molecule has 0 aliphatic carbocycles. The van der Waals surface area contributed by atoms with Crippen LogP contribution in [0.1, 0.15) is 6.92 Å². The van der Waals surface area contributed by atoms with E-state index in [4.69, 9.17) is 16.3 Å². The Labute approximate surface area is 87.9 Å². The van der Waals surface area contributed by atoms with E-state index < -0.39 is 0 Å². The summed E-state index contributed by atoms with van der Waals surface area (Å²) in [4.78, 5) is 10.2. The van der Waals surface area contributed by atoms with Gasteiger partial charge in [0, 0.05) is 7.11 Å². The van der Waals surface area contributed by atoms with Crippen LogP contribution in [-0.2, 0) is 4.74 Å². The lowest BCUT2D eigenvalue weighted by molar-refractivity contribution is -0.0171. The van der Waals surface area contributed by atoms with Crippen molar-refractivity contribution in [3.8, 4) is 0 Å². The Balaban J connectivity index is 2.06. The molecule has 2 heterocycles. The zero-order chi connectivity index (χ0) is 10.2. The fraction of sp³-hybridized carbons (Fsp3) is 0.556. The van der Waals surface area contributed by atoms with Gasteiger partial charge in [0.25, 0.3) is 0 Å². The SMILES string of the molecule is COC1(C)CN(c2cncc(Cl)n2)C1. The molecular weight excluding hydrogens is 202 g/mol. The van der Waals surface area contributed by atoms with Crippen molar-refractivity contribution in [2.75, 3.05) is 25.1 Å². The van der Waals surface area contributed by atoms with Gasteiger partial charge in [0.2, 0.25) is 0 Å². The zero-order valence-electron chi connectivity index (χ0n) is 8.20. The second-order valence-electron chi connectivity index (χ2n) is 3.71. The first-order valence-corrected chi connectivity index (χ1v) is 4.78. The van der Waals surface area contributed by atoms with E-state index in [0.717, 1.165) is 18.9 Å². The van der Waals surface area contributed by atoms with Gasteiger partial charge in [-0.2, -0.15) is 0 Å². The molecular formula is C9H12ClN3O. The average Bonchev–Trinajstić information content (AvgIpc) is 2.13. The van der Waals surface area contributed by atoms with E-state index in [-0.39, 0.29) is 5.60 Å². The minimum Gasteiger partial charge on any atom is -0.375 e. The molecule has 0 aromatic carbocycles. The monoisotopic (exact) mass is 213 g/mol. The molecule has 1 fully saturated rings. The third-order valence-electron chi connectivity index (χ3n) is 2.46. The molecule has 0 atom stereocenters. The van der Waals surface area contributed by atoms with E-state index in [9.17, 15) is 0 Å². The van der Waals surface area contributed by atoms with Gasteiger partial charge in [-0.25, -0.2) is 4.98 Å². The van der Waals surface area contributed by atoms with E-state index in [1.807, 2.05) is 0 Å². The summed E-state index contributed by atoms with van der Waals surface area (Å²) >= 11 is 5.74. The molecule has 0 bridgehead atoms. The fourth-order valence-corrected chi connectivity index (χ4v) is 1.68. The molecule has 1 aromatic heterocycles. The van der Waals surface area contributed by atoms with Crippen molar-refractivity contribution in [1.29, 1.82) is 0 Å². The molecule has 14 heavy (non-hydrogen) atoms. The molecule has 1 aromatic rings. The van der Waals surface area contributed by atoms with Crippen LogP contribution in [0.15, 0.2) is 12.4 Å². The van der Waals surface area contributed by atoms with Crippen LogP contribution in [-0.4, -0.2) is 35.8 Å². The molecule has 2 rings (SSSR count). The van der Waals surface area contributed by atoms with Crippen molar-refractivity contribution in [3.63, 3.8) is 0 Å². The lowest BCUT2D eigenvalue weighted by Gasteiger charge is -2.47.